The molecule has 0 fully saturated rings. The minimum Gasteiger partial charge on any atom is -0.208 e. The van der Waals surface area contributed by atoms with E-state index in [4.69, 9.17) is 15.0 Å². The number of rotatable bonds is 6. The van der Waals surface area contributed by atoms with Crippen LogP contribution in [0.25, 0.3) is 98.5 Å². The van der Waals surface area contributed by atoms with E-state index < -0.39 is 0 Å². The van der Waals surface area contributed by atoms with E-state index in [1.165, 1.54) is 64.3 Å². The van der Waals surface area contributed by atoms with Crippen LogP contribution in [-0.4, -0.2) is 15.0 Å². The van der Waals surface area contributed by atoms with Crippen molar-refractivity contribution >= 4 is 42.3 Å². The van der Waals surface area contributed by atoms with E-state index in [1.807, 2.05) is 11.3 Å². The molecular weight excluding hydrogens is 723 g/mol. The number of thiophene rings is 1. The fraction of sp³-hybridized carbons (Fsp3) is 0.0926. The maximum atomic E-state index is 5.27. The molecule has 10 aromatic rings. The van der Waals surface area contributed by atoms with Crippen LogP contribution < -0.4 is 0 Å². The van der Waals surface area contributed by atoms with Gasteiger partial charge in [0, 0.05) is 36.9 Å². The zero-order valence-electron chi connectivity index (χ0n) is 33.0. The van der Waals surface area contributed by atoms with Crippen molar-refractivity contribution in [3.05, 3.63) is 187 Å². The lowest BCUT2D eigenvalue weighted by atomic mass is 9.87. The lowest BCUT2D eigenvalue weighted by Gasteiger charge is -2.19. The van der Waals surface area contributed by atoms with Crippen molar-refractivity contribution in [2.75, 3.05) is 0 Å². The van der Waals surface area contributed by atoms with Crippen LogP contribution in [0.3, 0.4) is 0 Å². The van der Waals surface area contributed by atoms with Crippen LogP contribution >= 0.6 is 11.3 Å². The molecule has 2 aromatic heterocycles. The molecule has 0 saturated heterocycles. The van der Waals surface area contributed by atoms with Gasteiger partial charge < -0.3 is 0 Å². The first kappa shape index (κ1) is 35.6. The van der Waals surface area contributed by atoms with Crippen molar-refractivity contribution < 1.29 is 0 Å². The van der Waals surface area contributed by atoms with E-state index in [1.54, 1.807) is 0 Å². The molecule has 0 unspecified atom stereocenters. The van der Waals surface area contributed by atoms with E-state index in [-0.39, 0.29) is 5.41 Å². The third kappa shape index (κ3) is 6.66. The zero-order valence-corrected chi connectivity index (χ0v) is 33.8. The first-order valence-corrected chi connectivity index (χ1v) is 20.7. The second-order valence-electron chi connectivity index (χ2n) is 16.2. The maximum Gasteiger partial charge on any atom is 0.164 e. The molecule has 58 heavy (non-hydrogen) atoms. The summed E-state index contributed by atoms with van der Waals surface area (Å²) >= 11 is 1.81. The van der Waals surface area contributed by atoms with Crippen LogP contribution in [0.5, 0.6) is 0 Å². The van der Waals surface area contributed by atoms with Gasteiger partial charge in [0.15, 0.2) is 17.5 Å². The number of nitrogens with zero attached hydrogens (tertiary/aromatic N) is 3. The Morgan fingerprint density at radius 2 is 1.02 bits per heavy atom. The summed E-state index contributed by atoms with van der Waals surface area (Å²) in [4.78, 5) is 15.7. The molecule has 0 spiro atoms. The van der Waals surface area contributed by atoms with Crippen molar-refractivity contribution in [1.29, 1.82) is 0 Å². The Balaban J connectivity index is 1.13. The Hall–Kier alpha value is -6.75. The summed E-state index contributed by atoms with van der Waals surface area (Å²) < 4.78 is 2.48. The van der Waals surface area contributed by atoms with Gasteiger partial charge in [-0.25, -0.2) is 15.0 Å². The van der Waals surface area contributed by atoms with Crippen LogP contribution in [0, 0.1) is 6.92 Å². The predicted octanol–water partition coefficient (Wildman–Crippen LogP) is 15.0. The van der Waals surface area contributed by atoms with Gasteiger partial charge in [-0.15, -0.1) is 11.3 Å². The molecule has 0 radical (unpaired) electrons. The highest BCUT2D eigenvalue weighted by Gasteiger charge is 2.19. The summed E-state index contributed by atoms with van der Waals surface area (Å²) in [6.07, 6.45) is 0. The summed E-state index contributed by atoms with van der Waals surface area (Å²) in [5.41, 5.74) is 12.5. The summed E-state index contributed by atoms with van der Waals surface area (Å²) in [6.45, 7) is 8.86. The number of fused-ring (bicyclic) bond motifs is 4. The van der Waals surface area contributed by atoms with Crippen LogP contribution in [0.15, 0.2) is 176 Å². The highest BCUT2D eigenvalue weighted by atomic mass is 32.1. The molecule has 0 saturated carbocycles. The fourth-order valence-electron chi connectivity index (χ4n) is 8.04. The molecule has 0 aliphatic heterocycles. The molecule has 0 amide bonds. The quantitative estimate of drug-likeness (QED) is 0.169. The van der Waals surface area contributed by atoms with Crippen LogP contribution in [0.2, 0.25) is 0 Å². The monoisotopic (exact) mass is 763 g/mol. The van der Waals surface area contributed by atoms with Crippen molar-refractivity contribution in [3.8, 4) is 67.5 Å². The summed E-state index contributed by atoms with van der Waals surface area (Å²) in [5.74, 6) is 1.98. The molecule has 0 N–H and O–H groups in total. The zero-order chi connectivity index (χ0) is 39.4. The van der Waals surface area contributed by atoms with Crippen LogP contribution in [0.4, 0.5) is 0 Å². The van der Waals surface area contributed by atoms with Gasteiger partial charge in [0.1, 0.15) is 0 Å². The topological polar surface area (TPSA) is 38.7 Å². The van der Waals surface area contributed by atoms with Gasteiger partial charge in [0.2, 0.25) is 0 Å². The Morgan fingerprint density at radius 1 is 0.397 bits per heavy atom. The van der Waals surface area contributed by atoms with Crippen molar-refractivity contribution in [2.24, 2.45) is 0 Å². The van der Waals surface area contributed by atoms with Crippen molar-refractivity contribution in [2.45, 2.75) is 33.1 Å². The van der Waals surface area contributed by atoms with Crippen LogP contribution in [0.1, 0.15) is 31.9 Å². The molecule has 4 heteroatoms. The molecule has 0 aliphatic carbocycles. The number of hydrogen-bond acceptors (Lipinski definition) is 4. The second kappa shape index (κ2) is 14.3. The number of aryl methyl sites for hydroxylation is 1. The van der Waals surface area contributed by atoms with E-state index in [0.717, 1.165) is 27.8 Å². The third-order valence-electron chi connectivity index (χ3n) is 11.1. The molecular formula is C54H41N3S. The van der Waals surface area contributed by atoms with E-state index in [2.05, 4.69) is 204 Å². The summed E-state index contributed by atoms with van der Waals surface area (Å²) in [6, 6.07) is 63.3. The highest BCUT2D eigenvalue weighted by molar-refractivity contribution is 7.25. The molecule has 0 bridgehead atoms. The van der Waals surface area contributed by atoms with Crippen LogP contribution in [-0.2, 0) is 5.41 Å². The number of aromatic nitrogens is 3. The van der Waals surface area contributed by atoms with E-state index >= 15 is 0 Å². The van der Waals surface area contributed by atoms with E-state index in [0.29, 0.717) is 17.5 Å². The lowest BCUT2D eigenvalue weighted by Crippen LogP contribution is -2.10. The molecule has 0 aliphatic rings. The van der Waals surface area contributed by atoms with Crippen molar-refractivity contribution in [1.82, 2.24) is 15.0 Å². The van der Waals surface area contributed by atoms with Gasteiger partial charge in [-0.3, -0.25) is 0 Å². The summed E-state index contributed by atoms with van der Waals surface area (Å²) in [7, 11) is 0. The smallest absolute Gasteiger partial charge is 0.164 e. The largest absolute Gasteiger partial charge is 0.208 e. The first-order chi connectivity index (χ1) is 28.2. The fourth-order valence-corrected chi connectivity index (χ4v) is 9.15. The second-order valence-corrected chi connectivity index (χ2v) is 17.3. The van der Waals surface area contributed by atoms with Gasteiger partial charge in [-0.1, -0.05) is 160 Å². The molecule has 0 atom stereocenters. The Labute approximate surface area is 343 Å². The average molecular weight is 764 g/mol. The molecule has 10 rings (SSSR count). The molecule has 278 valence electrons. The Morgan fingerprint density at radius 3 is 1.78 bits per heavy atom. The SMILES string of the molecule is Cc1ccc2sc3cccc(-c4nc(-c5ccc(C(C)(C)C)cc5)nc(-c5cccc(-c6ccc7c(-c8ccccc8)cc(-c8ccccc8)cc7c6)c5)n4)c3c2c1. The van der Waals surface area contributed by atoms with Gasteiger partial charge >= 0.3 is 0 Å². The number of hydrogen-bond donors (Lipinski definition) is 0. The predicted molar refractivity (Wildman–Crippen MR) is 246 cm³/mol. The normalized spacial score (nSPS) is 11.8. The molecule has 2 heterocycles. The minimum absolute atomic E-state index is 0.0389. The third-order valence-corrected chi connectivity index (χ3v) is 12.3. The van der Waals surface area contributed by atoms with Crippen molar-refractivity contribution in [3.63, 3.8) is 0 Å². The standard InChI is InChI=1S/C54H41N3S/c1-34-21-28-48-47(29-34)50-45(19-12-20-49(50)58-48)53-56-51(37-22-25-43(26-23-37)54(2,3)4)55-52(57-53)40-18-11-17-38(30-40)39-24-27-44-42(31-39)32-41(35-13-7-5-8-14-35)33-46(44)36-15-9-6-10-16-36/h5-33H,1-4H3. The maximum absolute atomic E-state index is 5.27. The van der Waals surface area contributed by atoms with Gasteiger partial charge in [-0.2, -0.15) is 0 Å². The number of benzene rings is 8. The Bertz CT molecular complexity index is 3140. The first-order valence-electron chi connectivity index (χ1n) is 19.8. The van der Waals surface area contributed by atoms with Gasteiger partial charge in [0.05, 0.1) is 0 Å². The van der Waals surface area contributed by atoms with E-state index in [9.17, 15) is 0 Å². The summed E-state index contributed by atoms with van der Waals surface area (Å²) in [5, 5.41) is 4.84. The lowest BCUT2D eigenvalue weighted by molar-refractivity contribution is 0.590. The molecule has 3 nitrogen and oxygen atoms in total. The minimum atomic E-state index is 0.0389. The van der Waals surface area contributed by atoms with Gasteiger partial charge in [0.25, 0.3) is 0 Å². The average Bonchev–Trinajstić information content (AvgIpc) is 3.64. The molecule has 8 aromatic carbocycles. The Kier molecular flexibility index (Phi) is 8.80. The highest BCUT2D eigenvalue weighted by Crippen LogP contribution is 2.41. The van der Waals surface area contributed by atoms with Gasteiger partial charge in [-0.05, 0) is 105 Å².